The molecule has 0 unspecified atom stereocenters. The normalized spacial score (nSPS) is 10.7. The Kier molecular flexibility index (Phi) is 6.03. The van der Waals surface area contributed by atoms with E-state index < -0.39 is 0 Å². The van der Waals surface area contributed by atoms with E-state index in [1.807, 2.05) is 31.3 Å². The molecule has 0 aliphatic rings. The van der Waals surface area contributed by atoms with E-state index in [0.717, 1.165) is 17.9 Å². The number of anilines is 2. The zero-order valence-corrected chi connectivity index (χ0v) is 16.2. The van der Waals surface area contributed by atoms with E-state index in [9.17, 15) is 9.18 Å². The quantitative estimate of drug-likeness (QED) is 0.663. The summed E-state index contributed by atoms with van der Waals surface area (Å²) in [5, 5.41) is 6.75. The number of benzene rings is 2. The summed E-state index contributed by atoms with van der Waals surface area (Å²) in [6, 6.07) is 12.4. The molecule has 1 N–H and O–H groups in total. The number of rotatable bonds is 7. The van der Waals surface area contributed by atoms with Crippen LogP contribution in [0.3, 0.4) is 0 Å². The third kappa shape index (κ3) is 4.73. The molecule has 0 saturated heterocycles. The highest BCUT2D eigenvalue weighted by atomic mass is 19.1. The Balaban J connectivity index is 1.58. The lowest BCUT2D eigenvalue weighted by Crippen LogP contribution is -2.17. The number of aryl methyl sites for hydroxylation is 2. The number of carbonyl (C=O) groups is 1. The molecule has 1 aromatic heterocycles. The third-order valence-corrected chi connectivity index (χ3v) is 4.51. The number of nitrogens with zero attached hydrogens (tertiary/aromatic N) is 3. The predicted octanol–water partition coefficient (Wildman–Crippen LogP) is 4.21. The zero-order valence-electron chi connectivity index (χ0n) is 16.2. The molecule has 0 saturated carbocycles. The molecule has 0 aliphatic carbocycles. The second-order valence-electron chi connectivity index (χ2n) is 6.59. The van der Waals surface area contributed by atoms with Gasteiger partial charge in [0.15, 0.2) is 0 Å². The van der Waals surface area contributed by atoms with E-state index in [1.165, 1.54) is 6.07 Å². The first-order chi connectivity index (χ1) is 13.5. The van der Waals surface area contributed by atoms with Gasteiger partial charge in [-0.05, 0) is 43.7 Å². The summed E-state index contributed by atoms with van der Waals surface area (Å²) < 4.78 is 18.9. The second kappa shape index (κ2) is 8.65. The van der Waals surface area contributed by atoms with Gasteiger partial charge >= 0.3 is 0 Å². The fourth-order valence-corrected chi connectivity index (χ4v) is 2.65. The van der Waals surface area contributed by atoms with E-state index >= 15 is 0 Å². The van der Waals surface area contributed by atoms with E-state index in [-0.39, 0.29) is 18.1 Å². The van der Waals surface area contributed by atoms with Gasteiger partial charge in [-0.25, -0.2) is 4.39 Å². The van der Waals surface area contributed by atoms with Crippen LogP contribution in [0.15, 0.2) is 47.0 Å². The highest BCUT2D eigenvalue weighted by molar-refractivity contribution is 5.91. The van der Waals surface area contributed by atoms with Crippen molar-refractivity contribution in [2.24, 2.45) is 0 Å². The van der Waals surface area contributed by atoms with Crippen LogP contribution in [0.25, 0.3) is 11.4 Å². The number of aromatic nitrogens is 2. The lowest BCUT2D eigenvalue weighted by Gasteiger charge is -2.17. The largest absolute Gasteiger partial charge is 0.375 e. The highest BCUT2D eigenvalue weighted by Crippen LogP contribution is 2.20. The van der Waals surface area contributed by atoms with Gasteiger partial charge in [0.1, 0.15) is 5.82 Å². The number of amides is 1. The molecule has 1 heterocycles. The van der Waals surface area contributed by atoms with Crippen molar-refractivity contribution in [2.75, 3.05) is 23.8 Å². The Morgan fingerprint density at radius 2 is 2.07 bits per heavy atom. The molecule has 0 radical (unpaired) electrons. The van der Waals surface area contributed by atoms with Gasteiger partial charge in [0.2, 0.25) is 17.6 Å². The average Bonchev–Trinajstić information content (AvgIpc) is 3.17. The molecule has 2 aromatic carbocycles. The average molecular weight is 382 g/mol. The summed E-state index contributed by atoms with van der Waals surface area (Å²) in [5.74, 6) is 0.187. The summed E-state index contributed by atoms with van der Waals surface area (Å²) >= 11 is 0. The van der Waals surface area contributed by atoms with Crippen molar-refractivity contribution in [2.45, 2.75) is 26.7 Å². The number of halogens is 1. The van der Waals surface area contributed by atoms with Crippen LogP contribution >= 0.6 is 0 Å². The van der Waals surface area contributed by atoms with Crippen molar-refractivity contribution in [3.05, 3.63) is 59.7 Å². The van der Waals surface area contributed by atoms with Gasteiger partial charge in [-0.15, -0.1) is 0 Å². The molecule has 0 spiro atoms. The van der Waals surface area contributed by atoms with Crippen molar-refractivity contribution in [1.29, 1.82) is 0 Å². The highest BCUT2D eigenvalue weighted by Gasteiger charge is 2.12. The van der Waals surface area contributed by atoms with Crippen LogP contribution in [-0.2, 0) is 11.2 Å². The number of nitrogens with one attached hydrogen (secondary N) is 1. The van der Waals surface area contributed by atoms with Gasteiger partial charge in [0.25, 0.3) is 0 Å². The van der Waals surface area contributed by atoms with Crippen molar-refractivity contribution >= 4 is 17.3 Å². The first kappa shape index (κ1) is 19.5. The third-order valence-electron chi connectivity index (χ3n) is 4.51. The SMILES string of the molecule is CCN(C)c1cccc(NC(=O)CCc2nc(-c3ccc(C)c(F)c3)no2)c1. The van der Waals surface area contributed by atoms with Gasteiger partial charge in [0, 0.05) is 43.4 Å². The molecule has 6 nitrogen and oxygen atoms in total. The minimum Gasteiger partial charge on any atom is -0.375 e. The van der Waals surface area contributed by atoms with Crippen LogP contribution in [0.1, 0.15) is 24.8 Å². The van der Waals surface area contributed by atoms with Crippen LogP contribution in [0.5, 0.6) is 0 Å². The smallest absolute Gasteiger partial charge is 0.227 e. The zero-order chi connectivity index (χ0) is 20.1. The fourth-order valence-electron chi connectivity index (χ4n) is 2.65. The molecular formula is C21H23FN4O2. The van der Waals surface area contributed by atoms with Crippen molar-refractivity contribution in [3.63, 3.8) is 0 Å². The molecule has 28 heavy (non-hydrogen) atoms. The molecule has 1 amide bonds. The number of carbonyl (C=O) groups excluding carboxylic acids is 1. The number of hydrogen-bond acceptors (Lipinski definition) is 5. The summed E-state index contributed by atoms with van der Waals surface area (Å²) in [6.07, 6.45) is 0.513. The second-order valence-corrected chi connectivity index (χ2v) is 6.59. The topological polar surface area (TPSA) is 71.3 Å². The fraction of sp³-hybridized carbons (Fsp3) is 0.286. The summed E-state index contributed by atoms with van der Waals surface area (Å²) in [6.45, 7) is 4.63. The van der Waals surface area contributed by atoms with Crippen LogP contribution in [0, 0.1) is 12.7 Å². The molecule has 3 rings (SSSR count). The van der Waals surface area contributed by atoms with Gasteiger partial charge in [-0.2, -0.15) is 4.98 Å². The molecule has 0 bridgehead atoms. The summed E-state index contributed by atoms with van der Waals surface area (Å²) in [5.41, 5.74) is 2.87. The molecule has 7 heteroatoms. The predicted molar refractivity (Wildman–Crippen MR) is 107 cm³/mol. The minimum absolute atomic E-state index is 0.141. The standard InChI is InChI=1S/C21H23FN4O2/c1-4-26(3)17-7-5-6-16(13-17)23-19(27)10-11-20-24-21(25-28-20)15-9-8-14(2)18(22)12-15/h5-9,12-13H,4,10-11H2,1-3H3,(H,23,27). The van der Waals surface area contributed by atoms with Gasteiger partial charge in [-0.3, -0.25) is 4.79 Å². The molecule has 146 valence electrons. The van der Waals surface area contributed by atoms with Crippen molar-refractivity contribution in [1.82, 2.24) is 10.1 Å². The summed E-state index contributed by atoms with van der Waals surface area (Å²) in [4.78, 5) is 18.6. The van der Waals surface area contributed by atoms with E-state index in [1.54, 1.807) is 19.1 Å². The first-order valence-corrected chi connectivity index (χ1v) is 9.16. The Morgan fingerprint density at radius 3 is 2.82 bits per heavy atom. The van der Waals surface area contributed by atoms with E-state index in [4.69, 9.17) is 4.52 Å². The van der Waals surface area contributed by atoms with Crippen LogP contribution < -0.4 is 10.2 Å². The molecule has 0 aliphatic heterocycles. The molecule has 0 fully saturated rings. The molecular weight excluding hydrogens is 359 g/mol. The Labute approximate surface area is 163 Å². The van der Waals surface area contributed by atoms with Gasteiger partial charge in [0.05, 0.1) is 0 Å². The Morgan fingerprint density at radius 1 is 1.25 bits per heavy atom. The minimum atomic E-state index is -0.320. The molecule has 0 atom stereocenters. The van der Waals surface area contributed by atoms with E-state index in [2.05, 4.69) is 27.3 Å². The maximum Gasteiger partial charge on any atom is 0.227 e. The lowest BCUT2D eigenvalue weighted by molar-refractivity contribution is -0.116. The molecule has 3 aromatic rings. The summed E-state index contributed by atoms with van der Waals surface area (Å²) in [7, 11) is 1.99. The lowest BCUT2D eigenvalue weighted by atomic mass is 10.1. The van der Waals surface area contributed by atoms with Crippen molar-refractivity contribution in [3.8, 4) is 11.4 Å². The van der Waals surface area contributed by atoms with Crippen LogP contribution in [0.2, 0.25) is 0 Å². The van der Waals surface area contributed by atoms with Crippen LogP contribution in [0.4, 0.5) is 15.8 Å². The monoisotopic (exact) mass is 382 g/mol. The maximum atomic E-state index is 13.7. The number of hydrogen-bond donors (Lipinski definition) is 1. The Hall–Kier alpha value is -3.22. The first-order valence-electron chi connectivity index (χ1n) is 9.16. The van der Waals surface area contributed by atoms with Gasteiger partial charge in [-0.1, -0.05) is 23.4 Å². The Bertz CT molecular complexity index is 971. The van der Waals surface area contributed by atoms with Crippen LogP contribution in [-0.4, -0.2) is 29.6 Å². The van der Waals surface area contributed by atoms with Gasteiger partial charge < -0.3 is 14.7 Å². The maximum absolute atomic E-state index is 13.7. The van der Waals surface area contributed by atoms with E-state index in [0.29, 0.717) is 29.3 Å². The van der Waals surface area contributed by atoms with Crippen molar-refractivity contribution < 1.29 is 13.7 Å².